The van der Waals surface area contributed by atoms with Crippen molar-refractivity contribution < 1.29 is 27.7 Å². The van der Waals surface area contributed by atoms with Crippen molar-refractivity contribution in [2.24, 2.45) is 7.05 Å². The lowest BCUT2D eigenvalue weighted by Gasteiger charge is -2.43. The van der Waals surface area contributed by atoms with Crippen molar-refractivity contribution in [1.82, 2.24) is 39.8 Å². The molecule has 0 spiro atoms. The second kappa shape index (κ2) is 19.4. The highest BCUT2D eigenvalue weighted by Crippen LogP contribution is 2.45. The van der Waals surface area contributed by atoms with E-state index >= 15 is 8.78 Å². The second-order valence-corrected chi connectivity index (χ2v) is 22.5. The van der Waals surface area contributed by atoms with Gasteiger partial charge in [0.25, 0.3) is 0 Å². The van der Waals surface area contributed by atoms with E-state index in [0.717, 1.165) is 92.7 Å². The summed E-state index contributed by atoms with van der Waals surface area (Å²) in [7, 11) is -0.879. The highest BCUT2D eigenvalue weighted by Gasteiger charge is 2.34. The molecule has 360 valence electrons. The number of para-hydroxylation sites is 1. The van der Waals surface area contributed by atoms with E-state index in [9.17, 15) is 14.2 Å². The summed E-state index contributed by atoms with van der Waals surface area (Å²) in [5.41, 5.74) is 5.31. The van der Waals surface area contributed by atoms with Gasteiger partial charge in [-0.15, -0.1) is 0 Å². The van der Waals surface area contributed by atoms with Crippen LogP contribution in [0.1, 0.15) is 55.6 Å². The van der Waals surface area contributed by atoms with Crippen molar-refractivity contribution in [2.45, 2.75) is 63.0 Å². The van der Waals surface area contributed by atoms with E-state index in [1.807, 2.05) is 43.7 Å². The van der Waals surface area contributed by atoms with E-state index < -0.39 is 36.5 Å². The number of pyridine rings is 1. The zero-order chi connectivity index (χ0) is 48.0. The molecule has 19 heteroatoms. The molecule has 0 radical (unpaired) electrons. The fourth-order valence-corrected chi connectivity index (χ4v) is 11.5. The third-order valence-corrected chi connectivity index (χ3v) is 15.5. The molecule has 3 N–H and O–H groups in total. The Balaban J connectivity index is 0.817. The molecule has 3 saturated heterocycles. The van der Waals surface area contributed by atoms with Crippen molar-refractivity contribution in [3.8, 4) is 16.9 Å². The number of aryl methyl sites for hydroxylation is 1. The minimum Gasteiger partial charge on any atom is -0.488 e. The van der Waals surface area contributed by atoms with Crippen LogP contribution in [0, 0.1) is 11.6 Å². The molecule has 4 aliphatic rings. The van der Waals surface area contributed by atoms with Crippen LogP contribution in [0.3, 0.4) is 0 Å². The minimum atomic E-state index is -2.79. The maximum Gasteiger partial charge on any atom is 0.234 e. The van der Waals surface area contributed by atoms with Gasteiger partial charge in [0.2, 0.25) is 17.8 Å². The number of piperazine rings is 1. The van der Waals surface area contributed by atoms with Gasteiger partial charge in [0, 0.05) is 111 Å². The number of nitrogens with one attached hydrogen (secondary N) is 3. The molecule has 0 bridgehead atoms. The molecule has 15 nitrogen and oxygen atoms in total. The first-order valence-corrected chi connectivity index (χ1v) is 26.6. The summed E-state index contributed by atoms with van der Waals surface area (Å²) in [6.45, 7) is 9.38. The third-order valence-electron chi connectivity index (χ3n) is 13.6. The van der Waals surface area contributed by atoms with Crippen LogP contribution in [0.15, 0.2) is 73.3 Å². The van der Waals surface area contributed by atoms with E-state index in [0.29, 0.717) is 58.8 Å². The monoisotopic (exact) mass is 977 g/mol. The number of amides is 2. The Labute approximate surface area is 404 Å². The molecule has 6 aromatic rings. The highest BCUT2D eigenvalue weighted by molar-refractivity contribution is 7.71. The van der Waals surface area contributed by atoms with Crippen molar-refractivity contribution in [3.05, 3.63) is 101 Å². The van der Waals surface area contributed by atoms with E-state index in [1.54, 1.807) is 24.2 Å². The molecule has 69 heavy (non-hydrogen) atoms. The first-order valence-electron chi connectivity index (χ1n) is 23.6. The molecular formula is C50H55ClF2N11O4P. The highest BCUT2D eigenvalue weighted by atomic mass is 35.5. The number of fused-ring (bicyclic) bond motifs is 1. The fourth-order valence-electron chi connectivity index (χ4n) is 9.94. The zero-order valence-corrected chi connectivity index (χ0v) is 40.5. The summed E-state index contributed by atoms with van der Waals surface area (Å²) in [6, 6.07) is 14.9. The molecule has 1 atom stereocenters. The van der Waals surface area contributed by atoms with Crippen molar-refractivity contribution >= 4 is 75.6 Å². The lowest BCUT2D eigenvalue weighted by molar-refractivity contribution is -0.134. The Morgan fingerprint density at radius 1 is 0.884 bits per heavy atom. The second-order valence-electron chi connectivity index (χ2n) is 18.9. The molecule has 1 saturated carbocycles. The Hall–Kier alpha value is -6.00. The standard InChI is InChI=1S/C50H55ClF2N11O4P/c1-61-29-31(26-56-61)36-24-41(58-50-55-27-37(51)48(60-50)57-42-28-54-40-7-5-4-6-34(40)47(42)69(2,3)67)44(68-33-8-9-33)25-43(36)64-16-13-32(14-17-64)63-20-18-62(19-21-63)15-12-30-22-38(52)46(39(53)23-30)35-10-11-45(65)59-49(35)66/h4-7,22-29,32-33,35H,8-21H2,1-3H3,(H,59,65,66)(H2,55,57,58,60). The zero-order valence-electron chi connectivity index (χ0n) is 38.9. The first-order chi connectivity index (χ1) is 33.2. The van der Waals surface area contributed by atoms with Crippen molar-refractivity contribution in [3.63, 3.8) is 0 Å². The van der Waals surface area contributed by atoms with Crippen LogP contribution in [-0.4, -0.2) is 118 Å². The van der Waals surface area contributed by atoms with E-state index in [-0.39, 0.29) is 29.5 Å². The van der Waals surface area contributed by atoms with Crippen LogP contribution in [-0.2, 0) is 27.6 Å². The normalized spacial score (nSPS) is 18.7. The number of carbonyl (C=O) groups is 2. The SMILES string of the molecule is Cn1cc(-c2cc(Nc3ncc(Cl)c(Nc4cnc5ccccc5c4P(C)(C)=O)n3)c(OC3CC3)cc2N2CCC(N3CCN(CCc4cc(F)c(C5CCC(=O)NC5=O)c(F)c4)CC3)CC2)cn1. The number of rotatable bonds is 14. The van der Waals surface area contributed by atoms with Crippen molar-refractivity contribution in [1.29, 1.82) is 0 Å². The van der Waals surface area contributed by atoms with Crippen LogP contribution in [0.2, 0.25) is 5.02 Å². The number of anilines is 5. The average molecular weight is 978 g/mol. The molecule has 2 amide bonds. The molecule has 1 aliphatic carbocycles. The molecule has 6 heterocycles. The Kier molecular flexibility index (Phi) is 13.1. The quantitative estimate of drug-likeness (QED) is 0.0712. The van der Waals surface area contributed by atoms with Gasteiger partial charge in [-0.2, -0.15) is 10.1 Å². The van der Waals surface area contributed by atoms with E-state index in [2.05, 4.69) is 57.8 Å². The number of hydrogen-bond acceptors (Lipinski definition) is 13. The van der Waals surface area contributed by atoms with Crippen LogP contribution in [0.25, 0.3) is 22.0 Å². The van der Waals surface area contributed by atoms with Gasteiger partial charge >= 0.3 is 0 Å². The first kappa shape index (κ1) is 46.7. The number of benzene rings is 3. The molecule has 3 aliphatic heterocycles. The number of halogens is 3. The number of imide groups is 1. The van der Waals surface area contributed by atoms with Crippen LogP contribution >= 0.6 is 18.7 Å². The summed E-state index contributed by atoms with van der Waals surface area (Å²) < 4.78 is 52.5. The van der Waals surface area contributed by atoms with Gasteiger partial charge in [-0.25, -0.2) is 13.8 Å². The van der Waals surface area contributed by atoms with Gasteiger partial charge in [-0.3, -0.25) is 29.5 Å². The number of piperidine rings is 2. The van der Waals surface area contributed by atoms with Crippen molar-refractivity contribution in [2.75, 3.05) is 74.7 Å². The molecule has 4 fully saturated rings. The van der Waals surface area contributed by atoms with Gasteiger partial charge in [-0.05, 0) is 81.7 Å². The lowest BCUT2D eigenvalue weighted by atomic mass is 9.89. The van der Waals surface area contributed by atoms with Gasteiger partial charge < -0.3 is 29.7 Å². The fraction of sp³-hybridized carbons (Fsp3) is 0.400. The molecule has 1 unspecified atom stereocenters. The molecule has 3 aromatic carbocycles. The summed E-state index contributed by atoms with van der Waals surface area (Å²) in [5, 5.41) is 15.2. The minimum absolute atomic E-state index is 0.0573. The van der Waals surface area contributed by atoms with Gasteiger partial charge in [0.1, 0.15) is 29.5 Å². The third kappa shape index (κ3) is 10.3. The summed E-state index contributed by atoms with van der Waals surface area (Å²) in [4.78, 5) is 45.2. The number of aromatic nitrogens is 5. The Morgan fingerprint density at radius 2 is 1.64 bits per heavy atom. The predicted molar refractivity (Wildman–Crippen MR) is 265 cm³/mol. The lowest BCUT2D eigenvalue weighted by Crippen LogP contribution is -2.53. The largest absolute Gasteiger partial charge is 0.488 e. The maximum absolute atomic E-state index is 15.2. The van der Waals surface area contributed by atoms with Gasteiger partial charge in [-0.1, -0.05) is 29.8 Å². The van der Waals surface area contributed by atoms with Crippen LogP contribution < -0.4 is 30.9 Å². The number of carbonyl (C=O) groups excluding carboxylic acids is 2. The Morgan fingerprint density at radius 3 is 2.33 bits per heavy atom. The maximum atomic E-state index is 15.2. The summed E-state index contributed by atoms with van der Waals surface area (Å²) in [5.74, 6) is -2.23. The van der Waals surface area contributed by atoms with E-state index in [1.165, 1.54) is 18.3 Å². The number of hydrogen-bond donors (Lipinski definition) is 3. The predicted octanol–water partition coefficient (Wildman–Crippen LogP) is 7.98. The van der Waals surface area contributed by atoms with Gasteiger partial charge in [0.05, 0.1) is 47.5 Å². The summed E-state index contributed by atoms with van der Waals surface area (Å²) >= 11 is 6.71. The average Bonchev–Trinajstić information content (AvgIpc) is 4.05. The molecule has 3 aromatic heterocycles. The number of nitrogens with zero attached hydrogens (tertiary/aromatic N) is 8. The molecular weight excluding hydrogens is 923 g/mol. The topological polar surface area (TPSA) is 163 Å². The summed E-state index contributed by atoms with van der Waals surface area (Å²) in [6.07, 6.45) is 11.7. The number of ether oxygens (including phenoxy) is 1. The van der Waals surface area contributed by atoms with Gasteiger partial charge in [0.15, 0.2) is 5.82 Å². The molecule has 10 rings (SSSR count). The van der Waals surface area contributed by atoms with Crippen LogP contribution in [0.4, 0.5) is 37.6 Å². The van der Waals surface area contributed by atoms with E-state index in [4.69, 9.17) is 21.3 Å². The Bertz CT molecular complexity index is 2960. The van der Waals surface area contributed by atoms with Crippen LogP contribution in [0.5, 0.6) is 5.75 Å². The smallest absolute Gasteiger partial charge is 0.234 e.